The highest BCUT2D eigenvalue weighted by Gasteiger charge is 2.39. The van der Waals surface area contributed by atoms with Crippen LogP contribution in [0.15, 0.2) is 28.8 Å². The van der Waals surface area contributed by atoms with E-state index in [9.17, 15) is 4.79 Å². The van der Waals surface area contributed by atoms with Gasteiger partial charge in [-0.3, -0.25) is 4.79 Å². The molecule has 0 aliphatic carbocycles. The minimum Gasteiger partial charge on any atom is -0.361 e. The third kappa shape index (κ3) is 1.89. The fourth-order valence-electron chi connectivity index (χ4n) is 3.78. The van der Waals surface area contributed by atoms with Crippen molar-refractivity contribution in [3.8, 4) is 0 Å². The minimum atomic E-state index is -0.00551. The Kier molecular flexibility index (Phi) is 3.04. The van der Waals surface area contributed by atoms with Crippen molar-refractivity contribution in [2.24, 2.45) is 5.92 Å². The molecule has 5 heteroatoms. The number of carbonyl (C=O) groups excluding carboxylic acids is 1. The van der Waals surface area contributed by atoms with Crippen LogP contribution in [0.2, 0.25) is 0 Å². The molecule has 114 valence electrons. The van der Waals surface area contributed by atoms with E-state index in [1.54, 1.807) is 6.92 Å². The van der Waals surface area contributed by atoms with Gasteiger partial charge in [0.25, 0.3) is 5.91 Å². The van der Waals surface area contributed by atoms with Crippen LogP contribution < -0.4 is 10.2 Å². The van der Waals surface area contributed by atoms with E-state index in [1.807, 2.05) is 24.0 Å². The topological polar surface area (TPSA) is 58.4 Å². The van der Waals surface area contributed by atoms with Gasteiger partial charge in [-0.2, -0.15) is 0 Å². The third-order valence-corrected chi connectivity index (χ3v) is 4.88. The third-order valence-electron chi connectivity index (χ3n) is 4.88. The monoisotopic (exact) mass is 297 g/mol. The van der Waals surface area contributed by atoms with Crippen LogP contribution in [-0.4, -0.2) is 30.7 Å². The lowest BCUT2D eigenvalue weighted by molar-refractivity contribution is 0.0978. The SMILES string of the molecule is Cc1noc(C)c1C(=O)N1C[C@@H]2CNC[C@@H]2c2ccccc21. The molecule has 0 radical (unpaired) electrons. The maximum atomic E-state index is 13.1. The van der Waals surface area contributed by atoms with Crippen LogP contribution >= 0.6 is 0 Å². The minimum absolute atomic E-state index is 0.00551. The standard InChI is InChI=1S/C17H19N3O2/c1-10-16(11(2)22-19-10)17(21)20-9-12-7-18-8-14(12)13-5-3-4-6-15(13)20/h3-6,12,14,18H,7-9H2,1-2H3/t12-,14-/m0/s1. The molecule has 0 bridgehead atoms. The second-order valence-corrected chi connectivity index (χ2v) is 6.20. The molecule has 5 nitrogen and oxygen atoms in total. The van der Waals surface area contributed by atoms with Crippen molar-refractivity contribution < 1.29 is 9.32 Å². The van der Waals surface area contributed by atoms with Gasteiger partial charge in [-0.05, 0) is 31.4 Å². The first-order chi connectivity index (χ1) is 10.7. The number of aryl methyl sites for hydroxylation is 2. The van der Waals surface area contributed by atoms with E-state index >= 15 is 0 Å². The van der Waals surface area contributed by atoms with Crippen LogP contribution in [0.25, 0.3) is 0 Å². The summed E-state index contributed by atoms with van der Waals surface area (Å²) in [4.78, 5) is 15.0. The highest BCUT2D eigenvalue weighted by molar-refractivity contribution is 6.08. The number of benzene rings is 1. The van der Waals surface area contributed by atoms with E-state index < -0.39 is 0 Å². The summed E-state index contributed by atoms with van der Waals surface area (Å²) in [6, 6.07) is 8.24. The molecule has 1 amide bonds. The van der Waals surface area contributed by atoms with Gasteiger partial charge in [-0.1, -0.05) is 23.4 Å². The van der Waals surface area contributed by atoms with Crippen molar-refractivity contribution in [1.29, 1.82) is 0 Å². The van der Waals surface area contributed by atoms with Crippen molar-refractivity contribution >= 4 is 11.6 Å². The van der Waals surface area contributed by atoms with Gasteiger partial charge in [0.1, 0.15) is 11.3 Å². The number of rotatable bonds is 1. The number of para-hydroxylation sites is 1. The van der Waals surface area contributed by atoms with Gasteiger partial charge >= 0.3 is 0 Å². The molecule has 4 rings (SSSR count). The molecular weight excluding hydrogens is 278 g/mol. The first kappa shape index (κ1) is 13.5. The van der Waals surface area contributed by atoms with Crippen molar-refractivity contribution in [2.45, 2.75) is 19.8 Å². The van der Waals surface area contributed by atoms with Crippen LogP contribution in [0.4, 0.5) is 5.69 Å². The van der Waals surface area contributed by atoms with Crippen LogP contribution in [0, 0.1) is 19.8 Å². The zero-order valence-electron chi connectivity index (χ0n) is 12.8. The molecular formula is C17H19N3O2. The largest absolute Gasteiger partial charge is 0.361 e. The number of hydrogen-bond donors (Lipinski definition) is 1. The first-order valence-corrected chi connectivity index (χ1v) is 7.71. The molecule has 22 heavy (non-hydrogen) atoms. The summed E-state index contributed by atoms with van der Waals surface area (Å²) in [6.45, 7) is 6.32. The Labute approximate surface area is 129 Å². The predicted molar refractivity (Wildman–Crippen MR) is 83.2 cm³/mol. The molecule has 0 saturated carbocycles. The summed E-state index contributed by atoms with van der Waals surface area (Å²) in [6.07, 6.45) is 0. The summed E-state index contributed by atoms with van der Waals surface area (Å²) in [5.41, 5.74) is 3.55. The number of hydrogen-bond acceptors (Lipinski definition) is 4. The molecule has 1 fully saturated rings. The van der Waals surface area contributed by atoms with Crippen molar-refractivity contribution in [3.63, 3.8) is 0 Å². The van der Waals surface area contributed by atoms with Gasteiger partial charge in [-0.15, -0.1) is 0 Å². The Morgan fingerprint density at radius 1 is 1.32 bits per heavy atom. The van der Waals surface area contributed by atoms with Gasteiger partial charge in [0.05, 0.1) is 5.69 Å². The summed E-state index contributed by atoms with van der Waals surface area (Å²) in [5, 5.41) is 7.37. The van der Waals surface area contributed by atoms with Gasteiger partial charge in [-0.25, -0.2) is 0 Å². The van der Waals surface area contributed by atoms with Crippen molar-refractivity contribution in [1.82, 2.24) is 10.5 Å². The van der Waals surface area contributed by atoms with Gasteiger partial charge in [0.15, 0.2) is 0 Å². The fraction of sp³-hybridized carbons (Fsp3) is 0.412. The first-order valence-electron chi connectivity index (χ1n) is 7.71. The second-order valence-electron chi connectivity index (χ2n) is 6.20. The van der Waals surface area contributed by atoms with Gasteiger partial charge in [0.2, 0.25) is 0 Å². The quantitative estimate of drug-likeness (QED) is 0.877. The molecule has 2 atom stereocenters. The Bertz CT molecular complexity index is 718. The molecule has 2 aromatic rings. The lowest BCUT2D eigenvalue weighted by atomic mass is 9.83. The van der Waals surface area contributed by atoms with Crippen molar-refractivity contribution in [2.75, 3.05) is 24.5 Å². The molecule has 1 N–H and O–H groups in total. The molecule has 2 aliphatic rings. The van der Waals surface area contributed by atoms with Crippen molar-refractivity contribution in [3.05, 3.63) is 46.8 Å². The van der Waals surface area contributed by atoms with Gasteiger partial charge in [0, 0.05) is 31.2 Å². The smallest absolute Gasteiger partial charge is 0.263 e. The fourth-order valence-corrected chi connectivity index (χ4v) is 3.78. The Hall–Kier alpha value is -2.14. The van der Waals surface area contributed by atoms with Crippen LogP contribution in [0.3, 0.4) is 0 Å². The molecule has 3 heterocycles. The zero-order chi connectivity index (χ0) is 15.3. The lowest BCUT2D eigenvalue weighted by Gasteiger charge is -2.36. The molecule has 2 aliphatic heterocycles. The summed E-state index contributed by atoms with van der Waals surface area (Å²) < 4.78 is 5.17. The average molecular weight is 297 g/mol. The number of anilines is 1. The number of nitrogens with one attached hydrogen (secondary N) is 1. The molecule has 1 aromatic heterocycles. The maximum absolute atomic E-state index is 13.1. The number of carbonyl (C=O) groups is 1. The number of amides is 1. The number of fused-ring (bicyclic) bond motifs is 3. The van der Waals surface area contributed by atoms with Crippen LogP contribution in [0.5, 0.6) is 0 Å². The highest BCUT2D eigenvalue weighted by atomic mass is 16.5. The Morgan fingerprint density at radius 2 is 2.14 bits per heavy atom. The predicted octanol–water partition coefficient (Wildman–Crippen LogP) is 2.25. The van der Waals surface area contributed by atoms with Crippen LogP contribution in [0.1, 0.15) is 33.3 Å². The summed E-state index contributed by atoms with van der Waals surface area (Å²) in [5.74, 6) is 1.56. The highest BCUT2D eigenvalue weighted by Crippen LogP contribution is 2.41. The van der Waals surface area contributed by atoms with E-state index in [0.717, 1.165) is 25.3 Å². The van der Waals surface area contributed by atoms with Crippen LogP contribution in [-0.2, 0) is 0 Å². The number of nitrogens with zero attached hydrogens (tertiary/aromatic N) is 2. The zero-order valence-corrected chi connectivity index (χ0v) is 12.8. The summed E-state index contributed by atoms with van der Waals surface area (Å²) >= 11 is 0. The summed E-state index contributed by atoms with van der Waals surface area (Å²) in [7, 11) is 0. The molecule has 0 spiro atoms. The molecule has 0 unspecified atom stereocenters. The Balaban J connectivity index is 1.79. The number of aromatic nitrogens is 1. The normalized spacial score (nSPS) is 23.3. The van der Waals surface area contributed by atoms with E-state index in [4.69, 9.17) is 4.52 Å². The van der Waals surface area contributed by atoms with E-state index in [-0.39, 0.29) is 5.91 Å². The molecule has 1 saturated heterocycles. The molecule has 1 aromatic carbocycles. The van der Waals surface area contributed by atoms with E-state index in [0.29, 0.717) is 28.9 Å². The van der Waals surface area contributed by atoms with Gasteiger partial charge < -0.3 is 14.7 Å². The van der Waals surface area contributed by atoms with E-state index in [1.165, 1.54) is 5.56 Å². The van der Waals surface area contributed by atoms with E-state index in [2.05, 4.69) is 22.6 Å². The Morgan fingerprint density at radius 3 is 2.91 bits per heavy atom. The average Bonchev–Trinajstić information content (AvgIpc) is 3.12. The lowest BCUT2D eigenvalue weighted by Crippen LogP contribution is -2.42. The second kappa shape index (κ2) is 4.95. The maximum Gasteiger partial charge on any atom is 0.263 e.